The largest absolute Gasteiger partial charge is 0.416 e. The monoisotopic (exact) mass is 543 g/mol. The Morgan fingerprint density at radius 3 is 2.58 bits per heavy atom. The minimum atomic E-state index is -4.54. The van der Waals surface area contributed by atoms with Gasteiger partial charge in [0.2, 0.25) is 0 Å². The van der Waals surface area contributed by atoms with Crippen molar-refractivity contribution in [1.82, 2.24) is 29.7 Å². The number of rotatable bonds is 6. The Hall–Kier alpha value is -3.70. The Morgan fingerprint density at radius 1 is 1.13 bits per heavy atom. The number of nitrogens with zero attached hydrogens (tertiary/aromatic N) is 6. The fourth-order valence-corrected chi connectivity index (χ4v) is 4.71. The van der Waals surface area contributed by atoms with Crippen LogP contribution in [0.2, 0.25) is 5.02 Å². The highest BCUT2D eigenvalue weighted by Crippen LogP contribution is 2.33. The molecule has 1 amide bonds. The summed E-state index contributed by atoms with van der Waals surface area (Å²) < 4.78 is 44.0. The van der Waals surface area contributed by atoms with Crippen molar-refractivity contribution in [2.45, 2.75) is 32.5 Å². The number of hydrogen-bond acceptors (Lipinski definition) is 5. The van der Waals surface area contributed by atoms with Crippen molar-refractivity contribution in [1.29, 1.82) is 0 Å². The van der Waals surface area contributed by atoms with E-state index in [-0.39, 0.29) is 11.3 Å². The molecule has 5 rings (SSSR count). The van der Waals surface area contributed by atoms with Crippen molar-refractivity contribution in [2.75, 3.05) is 18.4 Å². The number of carbonyl (C=O) groups excluding carboxylic acids is 1. The van der Waals surface area contributed by atoms with Gasteiger partial charge in [-0.15, -0.1) is 5.10 Å². The van der Waals surface area contributed by atoms with Crippen LogP contribution in [0.15, 0.2) is 48.8 Å². The molecule has 38 heavy (non-hydrogen) atoms. The van der Waals surface area contributed by atoms with Gasteiger partial charge in [-0.1, -0.05) is 16.8 Å². The minimum Gasteiger partial charge on any atom is -0.322 e. The number of likely N-dealkylation sites (tertiary alicyclic amines) is 1. The molecule has 0 radical (unpaired) electrons. The number of alkyl halides is 3. The fourth-order valence-electron chi connectivity index (χ4n) is 4.51. The average Bonchev–Trinajstić information content (AvgIpc) is 3.62. The summed E-state index contributed by atoms with van der Waals surface area (Å²) in [6.07, 6.45) is 0.866. The molecular weight excluding hydrogens is 519 g/mol. The smallest absolute Gasteiger partial charge is 0.322 e. The zero-order valence-corrected chi connectivity index (χ0v) is 21.5. The Labute approximate surface area is 222 Å². The van der Waals surface area contributed by atoms with Crippen LogP contribution >= 0.6 is 11.6 Å². The molecule has 0 unspecified atom stereocenters. The molecule has 0 aliphatic carbocycles. The van der Waals surface area contributed by atoms with Gasteiger partial charge in [0.25, 0.3) is 5.91 Å². The van der Waals surface area contributed by atoms with Gasteiger partial charge in [0.15, 0.2) is 0 Å². The first-order valence-corrected chi connectivity index (χ1v) is 12.4. The van der Waals surface area contributed by atoms with E-state index in [9.17, 15) is 18.0 Å². The maximum absolute atomic E-state index is 13.6. The lowest BCUT2D eigenvalue weighted by Crippen LogP contribution is -2.20. The second-order valence-corrected chi connectivity index (χ2v) is 9.74. The molecule has 1 fully saturated rings. The maximum atomic E-state index is 13.6. The highest BCUT2D eigenvalue weighted by molar-refractivity contribution is 6.32. The summed E-state index contributed by atoms with van der Waals surface area (Å²) in [6.45, 7) is 3.98. The molecule has 1 aliphatic heterocycles. The van der Waals surface area contributed by atoms with E-state index in [1.165, 1.54) is 22.9 Å². The van der Waals surface area contributed by atoms with Crippen LogP contribution in [0.4, 0.5) is 18.9 Å². The lowest BCUT2D eigenvalue weighted by atomic mass is 10.1. The molecule has 0 bridgehead atoms. The molecule has 1 saturated heterocycles. The van der Waals surface area contributed by atoms with Gasteiger partial charge in [-0.25, -0.2) is 4.68 Å². The quantitative estimate of drug-likeness (QED) is 0.347. The van der Waals surface area contributed by atoms with Crippen LogP contribution in [0.1, 0.15) is 40.0 Å². The summed E-state index contributed by atoms with van der Waals surface area (Å²) in [6, 6.07) is 8.23. The number of nitrogens with one attached hydrogen (secondary N) is 1. The van der Waals surface area contributed by atoms with Crippen molar-refractivity contribution in [2.24, 2.45) is 7.05 Å². The number of benzene rings is 2. The fraction of sp³-hybridized carbons (Fsp3) is 0.308. The van der Waals surface area contributed by atoms with Gasteiger partial charge in [0.05, 0.1) is 28.7 Å². The normalized spacial score (nSPS) is 14.3. The number of halogens is 4. The van der Waals surface area contributed by atoms with Crippen LogP contribution in [0.3, 0.4) is 0 Å². The Kier molecular flexibility index (Phi) is 6.97. The molecule has 3 heterocycles. The van der Waals surface area contributed by atoms with Gasteiger partial charge in [-0.3, -0.25) is 14.4 Å². The summed E-state index contributed by atoms with van der Waals surface area (Å²) >= 11 is 6.39. The topological polar surface area (TPSA) is 80.9 Å². The van der Waals surface area contributed by atoms with Crippen LogP contribution < -0.4 is 5.32 Å². The van der Waals surface area contributed by atoms with Crippen molar-refractivity contribution in [3.63, 3.8) is 0 Å². The predicted octanol–water partition coefficient (Wildman–Crippen LogP) is 5.50. The van der Waals surface area contributed by atoms with Crippen molar-refractivity contribution in [3.8, 4) is 16.9 Å². The Morgan fingerprint density at radius 2 is 1.89 bits per heavy atom. The van der Waals surface area contributed by atoms with E-state index in [1.54, 1.807) is 23.1 Å². The van der Waals surface area contributed by atoms with Crippen LogP contribution in [0.5, 0.6) is 0 Å². The SMILES string of the molecule is Cc1c(-c2cn(-c3cc(C(=O)Nc4cc(CN5CCCC5)cc(C(F)(F)F)c4)ccc3Cl)nn2)cnn1C. The van der Waals surface area contributed by atoms with Gasteiger partial charge >= 0.3 is 6.18 Å². The first kappa shape index (κ1) is 25.9. The summed E-state index contributed by atoms with van der Waals surface area (Å²) in [4.78, 5) is 15.2. The lowest BCUT2D eigenvalue weighted by molar-refractivity contribution is -0.137. The van der Waals surface area contributed by atoms with E-state index in [4.69, 9.17) is 11.6 Å². The summed E-state index contributed by atoms with van der Waals surface area (Å²) in [5.74, 6) is -0.571. The van der Waals surface area contributed by atoms with E-state index in [0.29, 0.717) is 28.5 Å². The molecule has 2 aromatic carbocycles. The molecule has 1 N–H and O–H groups in total. The molecule has 2 aromatic heterocycles. The van der Waals surface area contributed by atoms with Gasteiger partial charge in [-0.05, 0) is 74.8 Å². The molecular formula is C26H25ClF3N7O. The highest BCUT2D eigenvalue weighted by Gasteiger charge is 2.31. The molecule has 8 nitrogen and oxygen atoms in total. The third-order valence-electron chi connectivity index (χ3n) is 6.64. The Balaban J connectivity index is 1.41. The van der Waals surface area contributed by atoms with E-state index >= 15 is 0 Å². The highest BCUT2D eigenvalue weighted by atomic mass is 35.5. The maximum Gasteiger partial charge on any atom is 0.416 e. The molecule has 0 saturated carbocycles. The third kappa shape index (κ3) is 5.44. The number of amides is 1. The predicted molar refractivity (Wildman–Crippen MR) is 137 cm³/mol. The number of anilines is 1. The average molecular weight is 544 g/mol. The first-order chi connectivity index (χ1) is 18.1. The van der Waals surface area contributed by atoms with E-state index < -0.39 is 17.6 Å². The number of aromatic nitrogens is 5. The van der Waals surface area contributed by atoms with E-state index in [1.807, 2.05) is 14.0 Å². The van der Waals surface area contributed by atoms with Crippen molar-refractivity contribution < 1.29 is 18.0 Å². The number of hydrogen-bond donors (Lipinski definition) is 1. The van der Waals surface area contributed by atoms with Gasteiger partial charge in [-0.2, -0.15) is 18.3 Å². The zero-order chi connectivity index (χ0) is 27.0. The van der Waals surface area contributed by atoms with E-state index in [2.05, 4.69) is 25.6 Å². The number of carbonyl (C=O) groups is 1. The van der Waals surface area contributed by atoms with Gasteiger partial charge in [0, 0.05) is 36.1 Å². The van der Waals surface area contributed by atoms with Crippen LogP contribution in [-0.4, -0.2) is 48.7 Å². The zero-order valence-electron chi connectivity index (χ0n) is 20.8. The minimum absolute atomic E-state index is 0.0746. The molecule has 0 spiro atoms. The summed E-state index contributed by atoms with van der Waals surface area (Å²) in [5.41, 5.74) is 2.66. The molecule has 12 heteroatoms. The van der Waals surface area contributed by atoms with Gasteiger partial charge in [0.1, 0.15) is 5.69 Å². The Bertz CT molecular complexity index is 1490. The standard InChI is InChI=1S/C26H25ClF3N7O/c1-16-21(13-31-35(16)2)23-15-37(34-33-23)24-11-18(5-6-22(24)27)25(38)32-20-10-17(14-36-7-3-4-8-36)9-19(12-20)26(28,29)30/h5-6,9-13,15H,3-4,7-8,14H2,1-2H3,(H,32,38). The first-order valence-electron chi connectivity index (χ1n) is 12.0. The van der Waals surface area contributed by atoms with E-state index in [0.717, 1.165) is 49.3 Å². The van der Waals surface area contributed by atoms with Crippen LogP contribution in [-0.2, 0) is 19.8 Å². The molecule has 1 aliphatic rings. The molecule has 4 aromatic rings. The lowest BCUT2D eigenvalue weighted by Gasteiger charge is -2.18. The van der Waals surface area contributed by atoms with Crippen LogP contribution in [0, 0.1) is 6.92 Å². The molecule has 198 valence electrons. The second-order valence-electron chi connectivity index (χ2n) is 9.34. The summed E-state index contributed by atoms with van der Waals surface area (Å²) in [7, 11) is 1.82. The van der Waals surface area contributed by atoms with Crippen molar-refractivity contribution in [3.05, 3.63) is 76.2 Å². The molecule has 0 atom stereocenters. The second kappa shape index (κ2) is 10.2. The third-order valence-corrected chi connectivity index (χ3v) is 6.96. The van der Waals surface area contributed by atoms with Crippen LogP contribution in [0.25, 0.3) is 16.9 Å². The van der Waals surface area contributed by atoms with Gasteiger partial charge < -0.3 is 5.32 Å². The summed E-state index contributed by atoms with van der Waals surface area (Å²) in [5, 5.41) is 15.5. The number of aryl methyl sites for hydroxylation is 1. The van der Waals surface area contributed by atoms with Crippen molar-refractivity contribution >= 4 is 23.2 Å².